The van der Waals surface area contributed by atoms with E-state index < -0.39 is 17.8 Å². The topological polar surface area (TPSA) is 96.9 Å². The third kappa shape index (κ3) is 6.40. The van der Waals surface area contributed by atoms with Crippen molar-refractivity contribution in [2.75, 3.05) is 5.32 Å². The lowest BCUT2D eigenvalue weighted by molar-refractivity contribution is -0.136. The SMILES string of the molecule is O=C(N/N=C\c1ccc(OC(=O)c2ccc(Cl)cc2)cc1)C(=O)Nc1ccccc1Cl. The number of ether oxygens (including phenoxy) is 1. The molecule has 0 bridgehead atoms. The average Bonchev–Trinajstić information content (AvgIpc) is 2.77. The van der Waals surface area contributed by atoms with Crippen LogP contribution in [0.15, 0.2) is 77.9 Å². The van der Waals surface area contributed by atoms with Crippen molar-refractivity contribution in [2.24, 2.45) is 5.10 Å². The summed E-state index contributed by atoms with van der Waals surface area (Å²) >= 11 is 11.7. The Morgan fingerprint density at radius 1 is 0.839 bits per heavy atom. The molecule has 2 N–H and O–H groups in total. The molecule has 0 atom stereocenters. The number of nitrogens with zero attached hydrogens (tertiary/aromatic N) is 1. The van der Waals surface area contributed by atoms with Crippen LogP contribution in [0.5, 0.6) is 5.75 Å². The average molecular weight is 456 g/mol. The van der Waals surface area contributed by atoms with Crippen molar-refractivity contribution >= 4 is 52.9 Å². The van der Waals surface area contributed by atoms with Crippen LogP contribution in [0.2, 0.25) is 10.0 Å². The summed E-state index contributed by atoms with van der Waals surface area (Å²) in [5.41, 5.74) is 3.42. The number of anilines is 1. The molecular formula is C22H15Cl2N3O4. The summed E-state index contributed by atoms with van der Waals surface area (Å²) in [6, 6.07) is 19.3. The molecule has 7 nitrogen and oxygen atoms in total. The van der Waals surface area contributed by atoms with Gasteiger partial charge in [-0.3, -0.25) is 9.59 Å². The second kappa shape index (κ2) is 10.4. The molecule has 3 aromatic rings. The highest BCUT2D eigenvalue weighted by atomic mass is 35.5. The highest BCUT2D eigenvalue weighted by Crippen LogP contribution is 2.20. The van der Waals surface area contributed by atoms with Gasteiger partial charge in [0.1, 0.15) is 5.75 Å². The van der Waals surface area contributed by atoms with Gasteiger partial charge in [-0.25, -0.2) is 10.2 Å². The summed E-state index contributed by atoms with van der Waals surface area (Å²) in [5.74, 6) is -2.05. The summed E-state index contributed by atoms with van der Waals surface area (Å²) in [5, 5.41) is 6.95. The van der Waals surface area contributed by atoms with Crippen molar-refractivity contribution in [3.63, 3.8) is 0 Å². The van der Waals surface area contributed by atoms with E-state index in [1.807, 2.05) is 0 Å². The summed E-state index contributed by atoms with van der Waals surface area (Å²) < 4.78 is 5.28. The first-order valence-electron chi connectivity index (χ1n) is 8.89. The molecule has 0 spiro atoms. The number of hydrogen-bond donors (Lipinski definition) is 2. The molecule has 156 valence electrons. The van der Waals surface area contributed by atoms with E-state index in [0.717, 1.165) is 0 Å². The Labute approximate surface area is 187 Å². The third-order valence-corrected chi connectivity index (χ3v) is 4.46. The van der Waals surface area contributed by atoms with Gasteiger partial charge in [-0.1, -0.05) is 35.3 Å². The van der Waals surface area contributed by atoms with Crippen LogP contribution < -0.4 is 15.5 Å². The van der Waals surface area contributed by atoms with Gasteiger partial charge in [-0.2, -0.15) is 5.10 Å². The first-order chi connectivity index (χ1) is 14.9. The zero-order chi connectivity index (χ0) is 22.2. The molecule has 0 heterocycles. The zero-order valence-corrected chi connectivity index (χ0v) is 17.4. The fraction of sp³-hybridized carbons (Fsp3) is 0. The predicted octanol–water partition coefficient (Wildman–Crippen LogP) is 4.30. The molecule has 0 unspecified atom stereocenters. The smallest absolute Gasteiger partial charge is 0.343 e. The first kappa shape index (κ1) is 22.0. The summed E-state index contributed by atoms with van der Waals surface area (Å²) in [6.07, 6.45) is 1.34. The van der Waals surface area contributed by atoms with Crippen LogP contribution in [0, 0.1) is 0 Å². The van der Waals surface area contributed by atoms with Gasteiger partial charge >= 0.3 is 17.8 Å². The van der Waals surface area contributed by atoms with E-state index in [2.05, 4.69) is 15.8 Å². The molecule has 31 heavy (non-hydrogen) atoms. The minimum atomic E-state index is -0.954. The minimum absolute atomic E-state index is 0.309. The Hall–Kier alpha value is -3.68. The Morgan fingerprint density at radius 2 is 1.52 bits per heavy atom. The number of nitrogens with one attached hydrogen (secondary N) is 2. The van der Waals surface area contributed by atoms with Gasteiger partial charge in [0.2, 0.25) is 0 Å². The fourth-order valence-corrected chi connectivity index (χ4v) is 2.64. The molecule has 0 aliphatic carbocycles. The van der Waals surface area contributed by atoms with Gasteiger partial charge in [0.25, 0.3) is 0 Å². The molecule has 0 fully saturated rings. The maximum Gasteiger partial charge on any atom is 0.343 e. The molecule has 0 aliphatic rings. The van der Waals surface area contributed by atoms with Crippen LogP contribution in [0.4, 0.5) is 5.69 Å². The van der Waals surface area contributed by atoms with Crippen LogP contribution in [0.1, 0.15) is 15.9 Å². The van der Waals surface area contributed by atoms with Crippen LogP contribution in [-0.2, 0) is 9.59 Å². The van der Waals surface area contributed by atoms with E-state index in [-0.39, 0.29) is 0 Å². The van der Waals surface area contributed by atoms with Crippen LogP contribution >= 0.6 is 23.2 Å². The quantitative estimate of drug-likeness (QED) is 0.197. The van der Waals surface area contributed by atoms with Crippen LogP contribution in [-0.4, -0.2) is 24.0 Å². The van der Waals surface area contributed by atoms with Gasteiger partial charge in [0, 0.05) is 5.02 Å². The van der Waals surface area contributed by atoms with Crippen molar-refractivity contribution in [3.8, 4) is 5.75 Å². The molecule has 0 radical (unpaired) electrons. The number of carbonyl (C=O) groups is 3. The lowest BCUT2D eigenvalue weighted by Crippen LogP contribution is -2.32. The molecule has 9 heteroatoms. The Bertz CT molecular complexity index is 1130. The second-order valence-corrected chi connectivity index (χ2v) is 6.94. The van der Waals surface area contributed by atoms with Crippen molar-refractivity contribution in [2.45, 2.75) is 0 Å². The summed E-state index contributed by atoms with van der Waals surface area (Å²) in [6.45, 7) is 0. The molecular weight excluding hydrogens is 441 g/mol. The van der Waals surface area contributed by atoms with Gasteiger partial charge in [0.15, 0.2) is 0 Å². The van der Waals surface area contributed by atoms with E-state index in [1.165, 1.54) is 6.21 Å². The monoisotopic (exact) mass is 455 g/mol. The number of amides is 2. The van der Waals surface area contributed by atoms with Crippen LogP contribution in [0.3, 0.4) is 0 Å². The number of rotatable bonds is 5. The van der Waals surface area contributed by atoms with Crippen molar-refractivity contribution in [3.05, 3.63) is 94.0 Å². The largest absolute Gasteiger partial charge is 0.423 e. The highest BCUT2D eigenvalue weighted by molar-refractivity contribution is 6.41. The number of hydrogen-bond acceptors (Lipinski definition) is 5. The lowest BCUT2D eigenvalue weighted by atomic mass is 10.2. The fourth-order valence-electron chi connectivity index (χ4n) is 2.33. The maximum absolute atomic E-state index is 12.1. The van der Waals surface area contributed by atoms with Gasteiger partial charge < -0.3 is 10.1 Å². The number of para-hydroxylation sites is 1. The minimum Gasteiger partial charge on any atom is -0.423 e. The molecule has 0 saturated heterocycles. The molecule has 2 amide bonds. The van der Waals surface area contributed by atoms with Gasteiger partial charge in [-0.15, -0.1) is 0 Å². The molecule has 3 rings (SSSR count). The van der Waals surface area contributed by atoms with Crippen molar-refractivity contribution in [1.82, 2.24) is 5.43 Å². The van der Waals surface area contributed by atoms with Gasteiger partial charge in [-0.05, 0) is 66.2 Å². The number of carbonyl (C=O) groups excluding carboxylic acids is 3. The Balaban J connectivity index is 1.51. The van der Waals surface area contributed by atoms with Crippen molar-refractivity contribution < 1.29 is 19.1 Å². The number of halogens is 2. The van der Waals surface area contributed by atoms with E-state index >= 15 is 0 Å². The number of hydrazone groups is 1. The normalized spacial score (nSPS) is 10.5. The van der Waals surface area contributed by atoms with E-state index in [0.29, 0.717) is 32.6 Å². The summed E-state index contributed by atoms with van der Waals surface area (Å²) in [4.78, 5) is 35.8. The Morgan fingerprint density at radius 3 is 2.19 bits per heavy atom. The van der Waals surface area contributed by atoms with Gasteiger partial charge in [0.05, 0.1) is 22.5 Å². The van der Waals surface area contributed by atoms with E-state index in [1.54, 1.807) is 72.8 Å². The van der Waals surface area contributed by atoms with Crippen LogP contribution in [0.25, 0.3) is 0 Å². The number of benzene rings is 3. The van der Waals surface area contributed by atoms with E-state index in [9.17, 15) is 14.4 Å². The lowest BCUT2D eigenvalue weighted by Gasteiger charge is -2.05. The Kier molecular flexibility index (Phi) is 7.37. The molecule has 0 aliphatic heterocycles. The molecule has 3 aromatic carbocycles. The summed E-state index contributed by atoms with van der Waals surface area (Å²) in [7, 11) is 0. The number of esters is 1. The zero-order valence-electron chi connectivity index (χ0n) is 15.8. The first-order valence-corrected chi connectivity index (χ1v) is 9.65. The standard InChI is InChI=1S/C22H15Cl2N3O4/c23-16-9-7-15(8-10-16)22(30)31-17-11-5-14(6-12-17)13-25-27-21(29)20(28)26-19-4-2-1-3-18(19)24/h1-13H,(H,26,28)(H,27,29)/b25-13-. The van der Waals surface area contributed by atoms with E-state index in [4.69, 9.17) is 27.9 Å². The molecule has 0 aromatic heterocycles. The third-order valence-electron chi connectivity index (χ3n) is 3.88. The second-order valence-electron chi connectivity index (χ2n) is 6.10. The predicted molar refractivity (Wildman–Crippen MR) is 119 cm³/mol. The maximum atomic E-state index is 12.1. The molecule has 0 saturated carbocycles. The van der Waals surface area contributed by atoms with Crippen molar-refractivity contribution in [1.29, 1.82) is 0 Å². The highest BCUT2D eigenvalue weighted by Gasteiger charge is 2.14.